The van der Waals surface area contributed by atoms with Crippen molar-refractivity contribution >= 4 is 46.5 Å². The lowest BCUT2D eigenvalue weighted by atomic mass is 9.98. The van der Waals surface area contributed by atoms with Gasteiger partial charge >= 0.3 is 12.1 Å². The number of anilines is 2. The van der Waals surface area contributed by atoms with Gasteiger partial charge in [-0.1, -0.05) is 60.3 Å². The number of fused-ring (bicyclic) bond motifs is 3. The second-order valence-corrected chi connectivity index (χ2v) is 10.1. The standard InChI is InChI=1S/C26H20N2O4S2/c27-22-13-23(24(29)30)34-25(22)33-16-11-9-15(10-12-16)28-26(31)32-14-21-19-7-3-1-5-17(19)18-6-2-4-8-20(18)21/h1-13,21H,14,27H2,(H,28,31)(H,29,30). The third-order valence-electron chi connectivity index (χ3n) is 5.59. The molecule has 0 saturated carbocycles. The SMILES string of the molecule is Nc1cc(C(=O)O)sc1Sc1ccc(NC(=O)OCC2c3ccccc3-c3ccccc32)cc1. The second kappa shape index (κ2) is 9.24. The van der Waals surface area contributed by atoms with Crippen molar-refractivity contribution in [2.75, 3.05) is 17.7 Å². The molecule has 5 rings (SSSR count). The first-order chi connectivity index (χ1) is 16.5. The van der Waals surface area contributed by atoms with E-state index in [4.69, 9.17) is 15.6 Å². The van der Waals surface area contributed by atoms with Crippen molar-refractivity contribution in [1.29, 1.82) is 0 Å². The number of carbonyl (C=O) groups is 2. The first-order valence-electron chi connectivity index (χ1n) is 10.5. The largest absolute Gasteiger partial charge is 0.477 e. The Bertz CT molecular complexity index is 1340. The fraction of sp³-hybridized carbons (Fsp3) is 0.0769. The van der Waals surface area contributed by atoms with Gasteiger partial charge in [0.15, 0.2) is 0 Å². The van der Waals surface area contributed by atoms with Crippen LogP contribution in [0.15, 0.2) is 88.0 Å². The summed E-state index contributed by atoms with van der Waals surface area (Å²) in [4.78, 5) is 24.7. The van der Waals surface area contributed by atoms with E-state index in [-0.39, 0.29) is 17.4 Å². The summed E-state index contributed by atoms with van der Waals surface area (Å²) in [5, 5.41) is 11.9. The number of rotatable bonds is 6. The molecule has 34 heavy (non-hydrogen) atoms. The highest BCUT2D eigenvalue weighted by atomic mass is 32.2. The minimum atomic E-state index is -0.994. The number of ether oxygens (including phenoxy) is 1. The van der Waals surface area contributed by atoms with Crippen molar-refractivity contribution in [2.24, 2.45) is 0 Å². The maximum Gasteiger partial charge on any atom is 0.411 e. The van der Waals surface area contributed by atoms with Gasteiger partial charge in [-0.25, -0.2) is 9.59 Å². The van der Waals surface area contributed by atoms with Crippen LogP contribution in [0.25, 0.3) is 11.1 Å². The number of nitrogens with one attached hydrogen (secondary N) is 1. The van der Waals surface area contributed by atoms with Gasteiger partial charge in [0, 0.05) is 16.5 Å². The van der Waals surface area contributed by atoms with Crippen molar-refractivity contribution < 1.29 is 19.4 Å². The van der Waals surface area contributed by atoms with E-state index in [1.165, 1.54) is 29.0 Å². The number of nitrogens with two attached hydrogens (primary N) is 1. The minimum absolute atomic E-state index is 0.00359. The van der Waals surface area contributed by atoms with Crippen LogP contribution in [0.1, 0.15) is 26.7 Å². The Morgan fingerprint density at radius 3 is 2.18 bits per heavy atom. The highest BCUT2D eigenvalue weighted by Crippen LogP contribution is 2.44. The molecule has 0 atom stereocenters. The number of aromatic carboxylic acids is 1. The number of benzene rings is 3. The first kappa shape index (κ1) is 22.1. The number of thiophene rings is 1. The zero-order valence-corrected chi connectivity index (χ0v) is 19.5. The van der Waals surface area contributed by atoms with Crippen LogP contribution in [0.5, 0.6) is 0 Å². The lowest BCUT2D eigenvalue weighted by molar-refractivity contribution is 0.0702. The number of hydrogen-bond donors (Lipinski definition) is 3. The highest BCUT2D eigenvalue weighted by molar-refractivity contribution is 8.01. The quantitative estimate of drug-likeness (QED) is 0.285. The van der Waals surface area contributed by atoms with Gasteiger partial charge < -0.3 is 15.6 Å². The summed E-state index contributed by atoms with van der Waals surface area (Å²) < 4.78 is 6.30. The third-order valence-corrected chi connectivity index (χ3v) is 7.95. The van der Waals surface area contributed by atoms with E-state index in [0.29, 0.717) is 11.4 Å². The van der Waals surface area contributed by atoms with Crippen LogP contribution in [0.4, 0.5) is 16.2 Å². The van der Waals surface area contributed by atoms with E-state index in [0.717, 1.165) is 31.6 Å². The van der Waals surface area contributed by atoms with E-state index in [2.05, 4.69) is 29.6 Å². The molecule has 3 aromatic carbocycles. The topological polar surface area (TPSA) is 102 Å². The van der Waals surface area contributed by atoms with Crippen LogP contribution >= 0.6 is 23.1 Å². The summed E-state index contributed by atoms with van der Waals surface area (Å²) in [6.45, 7) is 0.247. The average molecular weight is 489 g/mol. The normalized spacial score (nSPS) is 12.1. The molecule has 1 aromatic heterocycles. The molecule has 1 heterocycles. The Balaban J connectivity index is 1.21. The van der Waals surface area contributed by atoms with Gasteiger partial charge in [-0.15, -0.1) is 11.3 Å². The van der Waals surface area contributed by atoms with E-state index in [1.54, 1.807) is 12.1 Å². The second-order valence-electron chi connectivity index (χ2n) is 7.74. The predicted molar refractivity (Wildman–Crippen MR) is 135 cm³/mol. The van der Waals surface area contributed by atoms with Crippen LogP contribution in [0.3, 0.4) is 0 Å². The Morgan fingerprint density at radius 2 is 1.59 bits per heavy atom. The Morgan fingerprint density at radius 1 is 0.971 bits per heavy atom. The molecule has 0 saturated heterocycles. The molecule has 0 radical (unpaired) electrons. The first-order valence-corrected chi connectivity index (χ1v) is 12.2. The molecule has 6 nitrogen and oxygen atoms in total. The summed E-state index contributed by atoms with van der Waals surface area (Å²) >= 11 is 2.52. The van der Waals surface area contributed by atoms with E-state index < -0.39 is 12.1 Å². The average Bonchev–Trinajstić information content (AvgIpc) is 3.37. The van der Waals surface area contributed by atoms with Gasteiger partial charge in [0.2, 0.25) is 0 Å². The zero-order valence-electron chi connectivity index (χ0n) is 17.9. The number of carboxylic acid groups (broad SMARTS) is 1. The molecule has 4 N–H and O–H groups in total. The summed E-state index contributed by atoms with van der Waals surface area (Å²) in [6, 6.07) is 25.1. The number of carbonyl (C=O) groups excluding carboxylic acids is 1. The van der Waals surface area contributed by atoms with Crippen LogP contribution < -0.4 is 11.1 Å². The van der Waals surface area contributed by atoms with Crippen LogP contribution in [-0.4, -0.2) is 23.8 Å². The van der Waals surface area contributed by atoms with Crippen molar-refractivity contribution in [3.05, 3.63) is 94.9 Å². The van der Waals surface area contributed by atoms with Crippen molar-refractivity contribution in [2.45, 2.75) is 15.0 Å². The maximum absolute atomic E-state index is 12.5. The molecule has 0 spiro atoms. The molecule has 0 aliphatic heterocycles. The third kappa shape index (κ3) is 4.37. The monoisotopic (exact) mass is 488 g/mol. The molecule has 8 heteroatoms. The van der Waals surface area contributed by atoms with Crippen molar-refractivity contribution in [1.82, 2.24) is 0 Å². The fourth-order valence-electron chi connectivity index (χ4n) is 4.04. The smallest absolute Gasteiger partial charge is 0.411 e. The molecule has 0 unspecified atom stereocenters. The van der Waals surface area contributed by atoms with E-state index >= 15 is 0 Å². The summed E-state index contributed by atoms with van der Waals surface area (Å²) in [6.07, 6.45) is -0.518. The van der Waals surface area contributed by atoms with Crippen LogP contribution in [0, 0.1) is 0 Å². The number of amides is 1. The van der Waals surface area contributed by atoms with Crippen molar-refractivity contribution in [3.63, 3.8) is 0 Å². The lowest BCUT2D eigenvalue weighted by Gasteiger charge is -2.14. The van der Waals surface area contributed by atoms with Gasteiger partial charge in [-0.2, -0.15) is 0 Å². The number of nitrogen functional groups attached to an aromatic ring is 1. The Hall–Kier alpha value is -3.75. The van der Waals surface area contributed by atoms with Gasteiger partial charge in [0.1, 0.15) is 11.5 Å². The fourth-order valence-corrected chi connectivity index (χ4v) is 6.08. The van der Waals surface area contributed by atoms with Gasteiger partial charge in [0.25, 0.3) is 0 Å². The van der Waals surface area contributed by atoms with Gasteiger partial charge in [-0.3, -0.25) is 5.32 Å². The Kier molecular flexibility index (Phi) is 6.00. The number of carboxylic acids is 1. The van der Waals surface area contributed by atoms with Gasteiger partial charge in [-0.05, 0) is 52.6 Å². The van der Waals surface area contributed by atoms with Crippen molar-refractivity contribution in [3.8, 4) is 11.1 Å². The van der Waals surface area contributed by atoms with E-state index in [1.807, 2.05) is 36.4 Å². The van der Waals surface area contributed by atoms with Gasteiger partial charge in [0.05, 0.1) is 9.90 Å². The molecule has 1 aliphatic carbocycles. The molecule has 0 fully saturated rings. The molecule has 1 aliphatic rings. The molecule has 1 amide bonds. The van der Waals surface area contributed by atoms with Crippen LogP contribution in [0.2, 0.25) is 0 Å². The molecular formula is C26H20N2O4S2. The lowest BCUT2D eigenvalue weighted by Crippen LogP contribution is -2.17. The Labute approximate surface area is 204 Å². The summed E-state index contributed by atoms with van der Waals surface area (Å²) in [5.41, 5.74) is 11.7. The molecule has 170 valence electrons. The van der Waals surface area contributed by atoms with Crippen LogP contribution in [-0.2, 0) is 4.74 Å². The molecule has 4 aromatic rings. The highest BCUT2D eigenvalue weighted by Gasteiger charge is 2.29. The molecular weight excluding hydrogens is 468 g/mol. The zero-order chi connectivity index (χ0) is 23.7. The van der Waals surface area contributed by atoms with E-state index in [9.17, 15) is 9.59 Å². The minimum Gasteiger partial charge on any atom is -0.477 e. The summed E-state index contributed by atoms with van der Waals surface area (Å²) in [7, 11) is 0. The summed E-state index contributed by atoms with van der Waals surface area (Å²) in [5.74, 6) is -0.991. The predicted octanol–water partition coefficient (Wildman–Crippen LogP) is 6.54. The number of hydrogen-bond acceptors (Lipinski definition) is 6. The molecule has 0 bridgehead atoms. The maximum atomic E-state index is 12.5.